The summed E-state index contributed by atoms with van der Waals surface area (Å²) >= 11 is 0. The number of nitrogens with zero attached hydrogens (tertiary/aromatic N) is 3. The second-order valence-electron chi connectivity index (χ2n) is 13.9. The monoisotopic (exact) mass is 766 g/mol. The van der Waals surface area contributed by atoms with Crippen LogP contribution in [-0.2, 0) is 36.9 Å². The number of ether oxygens (including phenoxy) is 5. The molecule has 0 radical (unpaired) electrons. The van der Waals surface area contributed by atoms with Crippen LogP contribution < -0.4 is 20.9 Å². The van der Waals surface area contributed by atoms with Gasteiger partial charge in [0.2, 0.25) is 5.96 Å². The lowest BCUT2D eigenvalue weighted by Gasteiger charge is -2.29. The molecule has 0 bridgehead atoms. The number of anilines is 1. The number of hydrogen-bond donors (Lipinski definition) is 3. The van der Waals surface area contributed by atoms with Crippen molar-refractivity contribution in [3.05, 3.63) is 83.7 Å². The second-order valence-corrected chi connectivity index (χ2v) is 13.9. The minimum Gasteiger partial charge on any atom is -0.461 e. The zero-order valence-electron chi connectivity index (χ0n) is 32.2. The first kappa shape index (κ1) is 43.3. The topological polar surface area (TPSA) is 209 Å². The zero-order chi connectivity index (χ0) is 40.4. The number of carbonyl (C=O) groups excluding carboxylic acids is 5. The van der Waals surface area contributed by atoms with Gasteiger partial charge in [-0.05, 0) is 72.4 Å². The van der Waals surface area contributed by atoms with Gasteiger partial charge in [0.05, 0.1) is 19.2 Å². The molecule has 17 nitrogen and oxygen atoms in total. The minimum atomic E-state index is -0.921. The summed E-state index contributed by atoms with van der Waals surface area (Å²) in [6, 6.07) is 16.9. The smallest absolute Gasteiger partial charge is 0.418 e. The van der Waals surface area contributed by atoms with E-state index in [2.05, 4.69) is 25.9 Å². The molecule has 2 aromatic carbocycles. The molecule has 4 amide bonds. The van der Waals surface area contributed by atoms with Gasteiger partial charge < -0.3 is 33.4 Å². The van der Waals surface area contributed by atoms with E-state index in [0.29, 0.717) is 0 Å². The second kappa shape index (κ2) is 20.9. The maximum absolute atomic E-state index is 13.4. The van der Waals surface area contributed by atoms with Crippen LogP contribution in [0.3, 0.4) is 0 Å². The van der Waals surface area contributed by atoms with Crippen LogP contribution in [0.4, 0.5) is 25.2 Å². The summed E-state index contributed by atoms with van der Waals surface area (Å²) in [5.74, 6) is -0.997. The number of aromatic nitrogens is 1. The third-order valence-corrected chi connectivity index (χ3v) is 6.79. The molecule has 1 atom stereocenters. The molecule has 1 heterocycles. The molecule has 0 spiro atoms. The predicted molar refractivity (Wildman–Crippen MR) is 200 cm³/mol. The highest BCUT2D eigenvalue weighted by molar-refractivity contribution is 6.01. The van der Waals surface area contributed by atoms with Crippen LogP contribution in [0, 0.1) is 0 Å². The number of nitrogens with one attached hydrogen (secondary N) is 3. The highest BCUT2D eigenvalue weighted by Crippen LogP contribution is 2.20. The largest absolute Gasteiger partial charge is 0.461 e. The van der Waals surface area contributed by atoms with E-state index < -0.39 is 47.6 Å². The normalized spacial score (nSPS) is 11.6. The first-order valence-corrected chi connectivity index (χ1v) is 17.6. The number of benzene rings is 2. The Morgan fingerprint density at radius 3 is 1.84 bits per heavy atom. The molecule has 0 saturated carbocycles. The Morgan fingerprint density at radius 2 is 1.33 bits per heavy atom. The Hall–Kier alpha value is -6.13. The summed E-state index contributed by atoms with van der Waals surface area (Å²) in [7, 11) is 0. The van der Waals surface area contributed by atoms with Crippen molar-refractivity contribution in [2.45, 2.75) is 91.8 Å². The zero-order valence-corrected chi connectivity index (χ0v) is 32.2. The lowest BCUT2D eigenvalue weighted by atomic mass is 10.1. The SMILES string of the molecule is CCOC(=O)c1coc(N(C[C@H](CCCN=C(NC(=O)OCc2ccccc2)NC(=O)OCc2ccccc2)NC(=O)OC(C)(C)C)C(=O)OC(C)(C)C)n1. The lowest BCUT2D eigenvalue weighted by Crippen LogP contribution is -2.48. The lowest BCUT2D eigenvalue weighted by molar-refractivity contribution is 0.0480. The van der Waals surface area contributed by atoms with Gasteiger partial charge in [0, 0.05) is 6.54 Å². The van der Waals surface area contributed by atoms with Crippen molar-refractivity contribution >= 4 is 42.3 Å². The number of alkyl carbamates (subject to hydrolysis) is 3. The number of rotatable bonds is 14. The van der Waals surface area contributed by atoms with E-state index in [1.54, 1.807) is 97.0 Å². The molecule has 0 aliphatic heterocycles. The average Bonchev–Trinajstić information content (AvgIpc) is 3.60. The van der Waals surface area contributed by atoms with E-state index in [1.807, 2.05) is 12.1 Å². The highest BCUT2D eigenvalue weighted by atomic mass is 16.6. The average molecular weight is 767 g/mol. The maximum Gasteiger partial charge on any atom is 0.418 e. The van der Waals surface area contributed by atoms with Crippen LogP contribution in [-0.4, -0.2) is 78.2 Å². The summed E-state index contributed by atoms with van der Waals surface area (Å²) in [5, 5.41) is 7.62. The first-order valence-electron chi connectivity index (χ1n) is 17.6. The van der Waals surface area contributed by atoms with Crippen LogP contribution in [0.5, 0.6) is 0 Å². The number of amides is 4. The molecule has 1 aromatic heterocycles. The fraction of sp³-hybridized carbons (Fsp3) is 0.447. The van der Waals surface area contributed by atoms with Crippen molar-refractivity contribution in [1.82, 2.24) is 20.9 Å². The molecule has 0 saturated heterocycles. The number of carbonyl (C=O) groups is 5. The van der Waals surface area contributed by atoms with Gasteiger partial charge in [-0.2, -0.15) is 4.98 Å². The summed E-state index contributed by atoms with van der Waals surface area (Å²) in [4.78, 5) is 73.6. The Morgan fingerprint density at radius 1 is 0.782 bits per heavy atom. The van der Waals surface area contributed by atoms with E-state index >= 15 is 0 Å². The van der Waals surface area contributed by atoms with Crippen molar-refractivity contribution in [2.75, 3.05) is 24.6 Å². The molecule has 55 heavy (non-hydrogen) atoms. The van der Waals surface area contributed by atoms with Crippen LogP contribution in [0.15, 0.2) is 76.3 Å². The Balaban J connectivity index is 1.80. The van der Waals surface area contributed by atoms with Crippen molar-refractivity contribution < 1.29 is 52.1 Å². The molecule has 0 fully saturated rings. The summed E-state index contributed by atoms with van der Waals surface area (Å²) in [5.41, 5.74) is -0.435. The maximum atomic E-state index is 13.4. The van der Waals surface area contributed by atoms with Crippen molar-refractivity contribution in [3.8, 4) is 0 Å². The first-order chi connectivity index (χ1) is 26.0. The highest BCUT2D eigenvalue weighted by Gasteiger charge is 2.31. The molecule has 298 valence electrons. The van der Waals surface area contributed by atoms with Gasteiger partial charge in [-0.1, -0.05) is 60.7 Å². The van der Waals surface area contributed by atoms with Gasteiger partial charge in [-0.3, -0.25) is 15.6 Å². The van der Waals surface area contributed by atoms with Crippen molar-refractivity contribution in [1.29, 1.82) is 0 Å². The molecular weight excluding hydrogens is 716 g/mol. The number of oxazole rings is 1. The van der Waals surface area contributed by atoms with Gasteiger partial charge in [-0.25, -0.2) is 28.9 Å². The van der Waals surface area contributed by atoms with E-state index in [9.17, 15) is 24.0 Å². The third-order valence-electron chi connectivity index (χ3n) is 6.79. The van der Waals surface area contributed by atoms with E-state index in [1.165, 1.54) is 0 Å². The molecular formula is C38H50N6O11. The van der Waals surface area contributed by atoms with Crippen molar-refractivity contribution in [3.63, 3.8) is 0 Å². The van der Waals surface area contributed by atoms with Gasteiger partial charge in [-0.15, -0.1) is 0 Å². The third kappa shape index (κ3) is 17.0. The molecule has 3 N–H and O–H groups in total. The predicted octanol–water partition coefficient (Wildman–Crippen LogP) is 6.48. The fourth-order valence-corrected chi connectivity index (χ4v) is 4.49. The molecule has 0 aliphatic rings. The quantitative estimate of drug-likeness (QED) is 0.0530. The standard InChI is InChI=1S/C38H50N6O11/c1-8-50-30(45)29-25-51-32(41-29)44(36(49)55-38(5,6)7)22-28(40-35(48)54-37(2,3)4)20-15-21-39-31(42-33(46)52-23-26-16-11-9-12-17-26)43-34(47)53-24-27-18-13-10-14-19-27/h9-14,16-19,25,28H,8,15,20-24H2,1-7H3,(H,40,48)(H2,39,42,43,46,47)/t28-/m0/s1. The number of hydrogen-bond acceptors (Lipinski definition) is 13. The van der Waals surface area contributed by atoms with Gasteiger partial charge in [0.15, 0.2) is 5.69 Å². The van der Waals surface area contributed by atoms with Crippen molar-refractivity contribution in [2.24, 2.45) is 4.99 Å². The molecule has 0 unspecified atom stereocenters. The molecule has 3 rings (SSSR count). The van der Waals surface area contributed by atoms with Crippen LogP contribution in [0.1, 0.15) is 82.9 Å². The summed E-state index contributed by atoms with van der Waals surface area (Å²) in [6.45, 7) is 11.6. The van der Waals surface area contributed by atoms with E-state index in [4.69, 9.17) is 28.1 Å². The van der Waals surface area contributed by atoms with E-state index in [0.717, 1.165) is 22.3 Å². The number of esters is 1. The van der Waals surface area contributed by atoms with Gasteiger partial charge in [0.1, 0.15) is 30.7 Å². The van der Waals surface area contributed by atoms with Gasteiger partial charge in [0.25, 0.3) is 0 Å². The Labute approximate surface area is 320 Å². The Bertz CT molecular complexity index is 1670. The Kier molecular flexibility index (Phi) is 16.5. The molecule has 17 heteroatoms. The van der Waals surface area contributed by atoms with E-state index in [-0.39, 0.29) is 63.4 Å². The van der Waals surface area contributed by atoms with Crippen LogP contribution in [0.2, 0.25) is 0 Å². The fourth-order valence-electron chi connectivity index (χ4n) is 4.49. The van der Waals surface area contributed by atoms with Crippen LogP contribution >= 0.6 is 0 Å². The molecule has 0 aliphatic carbocycles. The van der Waals surface area contributed by atoms with Gasteiger partial charge >= 0.3 is 36.4 Å². The summed E-state index contributed by atoms with van der Waals surface area (Å²) in [6.07, 6.45) is -1.92. The summed E-state index contributed by atoms with van der Waals surface area (Å²) < 4.78 is 32.1. The van der Waals surface area contributed by atoms with Crippen LogP contribution in [0.25, 0.3) is 0 Å². The number of aliphatic imine (C=N–C) groups is 1. The molecule has 3 aromatic rings. The minimum absolute atomic E-state index is 0.0121. The number of guanidine groups is 1.